The molecule has 2 nitrogen and oxygen atoms in total. The monoisotopic (exact) mass is 281 g/mol. The summed E-state index contributed by atoms with van der Waals surface area (Å²) in [6.45, 7) is 3.16. The molecule has 2 atom stereocenters. The van der Waals surface area contributed by atoms with Gasteiger partial charge in [0.1, 0.15) is 5.75 Å². The molecule has 1 aliphatic rings. The van der Waals surface area contributed by atoms with E-state index in [1.807, 2.05) is 12.1 Å². The zero-order chi connectivity index (χ0) is 14.7. The van der Waals surface area contributed by atoms with E-state index >= 15 is 0 Å². The molecule has 0 heterocycles. The molecule has 3 rings (SSSR count). The maximum absolute atomic E-state index is 9.42. The van der Waals surface area contributed by atoms with Crippen LogP contribution in [0.2, 0.25) is 0 Å². The van der Waals surface area contributed by atoms with Crippen LogP contribution < -0.4 is 5.32 Å². The number of phenols is 1. The molecule has 0 fully saturated rings. The van der Waals surface area contributed by atoms with E-state index in [2.05, 4.69) is 36.5 Å². The smallest absolute Gasteiger partial charge is 0.115 e. The van der Waals surface area contributed by atoms with E-state index < -0.39 is 0 Å². The predicted octanol–water partition coefficient (Wildman–Crippen LogP) is 3.64. The fourth-order valence-corrected chi connectivity index (χ4v) is 3.51. The first-order valence-electron chi connectivity index (χ1n) is 7.87. The lowest BCUT2D eigenvalue weighted by Gasteiger charge is -2.25. The van der Waals surface area contributed by atoms with Gasteiger partial charge in [-0.15, -0.1) is 0 Å². The van der Waals surface area contributed by atoms with Gasteiger partial charge in [0.2, 0.25) is 0 Å². The minimum absolute atomic E-state index is 0.338. The second-order valence-electron chi connectivity index (χ2n) is 5.88. The number of hydrogen-bond acceptors (Lipinski definition) is 2. The number of nitrogens with one attached hydrogen (secondary N) is 1. The van der Waals surface area contributed by atoms with E-state index in [1.165, 1.54) is 29.5 Å². The Morgan fingerprint density at radius 1 is 1.14 bits per heavy atom. The Labute approximate surface area is 126 Å². The minimum Gasteiger partial charge on any atom is -0.508 e. The van der Waals surface area contributed by atoms with Gasteiger partial charge in [-0.05, 0) is 54.6 Å². The summed E-state index contributed by atoms with van der Waals surface area (Å²) in [5, 5.41) is 13.1. The van der Waals surface area contributed by atoms with Crippen molar-refractivity contribution in [1.29, 1.82) is 0 Å². The molecule has 2 N–H and O–H groups in total. The number of aromatic hydroxyl groups is 1. The van der Waals surface area contributed by atoms with Gasteiger partial charge < -0.3 is 10.4 Å². The molecule has 0 amide bonds. The predicted molar refractivity (Wildman–Crippen MR) is 86.8 cm³/mol. The van der Waals surface area contributed by atoms with Crippen molar-refractivity contribution in [3.63, 3.8) is 0 Å². The van der Waals surface area contributed by atoms with E-state index in [4.69, 9.17) is 0 Å². The molecule has 2 aromatic carbocycles. The van der Waals surface area contributed by atoms with E-state index in [-0.39, 0.29) is 0 Å². The number of benzene rings is 2. The lowest BCUT2D eigenvalue weighted by molar-refractivity contribution is 0.434. The Morgan fingerprint density at radius 3 is 2.67 bits per heavy atom. The number of fused-ring (bicyclic) bond motifs is 1. The average molecular weight is 281 g/mol. The zero-order valence-electron chi connectivity index (χ0n) is 12.5. The first kappa shape index (κ1) is 14.2. The molecule has 0 radical (unpaired) electrons. The molecule has 2 heteroatoms. The topological polar surface area (TPSA) is 32.3 Å². The van der Waals surface area contributed by atoms with Gasteiger partial charge in [-0.3, -0.25) is 0 Å². The van der Waals surface area contributed by atoms with Crippen LogP contribution in [0.1, 0.15) is 36.0 Å². The van der Waals surface area contributed by atoms with Crippen LogP contribution in [0.4, 0.5) is 0 Å². The van der Waals surface area contributed by atoms with E-state index in [0.29, 0.717) is 17.7 Å². The van der Waals surface area contributed by atoms with E-state index in [0.717, 1.165) is 13.0 Å². The SMILES string of the molecule is CCNC(Cc1ccc(O)cc1)C1CCc2ccccc21. The Kier molecular flexibility index (Phi) is 4.26. The van der Waals surface area contributed by atoms with Crippen LogP contribution >= 0.6 is 0 Å². The summed E-state index contributed by atoms with van der Waals surface area (Å²) in [7, 11) is 0. The standard InChI is InChI=1S/C19H23NO/c1-2-20-19(13-14-7-10-16(21)11-8-14)18-12-9-15-5-3-4-6-17(15)18/h3-8,10-11,18-21H,2,9,12-13H2,1H3. The van der Waals surface area contributed by atoms with Crippen molar-refractivity contribution in [3.8, 4) is 5.75 Å². The molecule has 0 saturated heterocycles. The van der Waals surface area contributed by atoms with E-state index in [1.54, 1.807) is 12.1 Å². The number of hydrogen-bond donors (Lipinski definition) is 2. The zero-order valence-corrected chi connectivity index (χ0v) is 12.5. The highest BCUT2D eigenvalue weighted by Gasteiger charge is 2.29. The highest BCUT2D eigenvalue weighted by atomic mass is 16.3. The van der Waals surface area contributed by atoms with Gasteiger partial charge in [0.15, 0.2) is 0 Å². The van der Waals surface area contributed by atoms with Crippen LogP contribution in [0.15, 0.2) is 48.5 Å². The fraction of sp³-hybridized carbons (Fsp3) is 0.368. The first-order valence-corrected chi connectivity index (χ1v) is 7.87. The summed E-state index contributed by atoms with van der Waals surface area (Å²) >= 11 is 0. The van der Waals surface area contributed by atoms with Crippen molar-refractivity contribution in [2.45, 2.75) is 38.1 Å². The third-order valence-corrected chi connectivity index (χ3v) is 4.52. The molecule has 1 aliphatic carbocycles. The van der Waals surface area contributed by atoms with E-state index in [9.17, 15) is 5.11 Å². The van der Waals surface area contributed by atoms with Crippen molar-refractivity contribution in [1.82, 2.24) is 5.32 Å². The Morgan fingerprint density at radius 2 is 1.90 bits per heavy atom. The lowest BCUT2D eigenvalue weighted by atomic mass is 9.88. The summed E-state index contributed by atoms with van der Waals surface area (Å²) in [5.41, 5.74) is 4.31. The van der Waals surface area contributed by atoms with Gasteiger partial charge in [-0.1, -0.05) is 43.3 Å². The van der Waals surface area contributed by atoms with Crippen molar-refractivity contribution in [2.75, 3.05) is 6.54 Å². The Bertz CT molecular complexity index is 591. The molecule has 0 saturated carbocycles. The number of likely N-dealkylation sites (N-methyl/N-ethyl adjacent to an activating group) is 1. The van der Waals surface area contributed by atoms with Crippen molar-refractivity contribution in [3.05, 3.63) is 65.2 Å². The summed E-state index contributed by atoms with van der Waals surface area (Å²) < 4.78 is 0. The Balaban J connectivity index is 1.80. The lowest BCUT2D eigenvalue weighted by Crippen LogP contribution is -2.36. The average Bonchev–Trinajstić information content (AvgIpc) is 2.93. The highest BCUT2D eigenvalue weighted by molar-refractivity contribution is 5.37. The van der Waals surface area contributed by atoms with Crippen LogP contribution in [-0.2, 0) is 12.8 Å². The number of rotatable bonds is 5. The normalized spacial score (nSPS) is 18.4. The van der Waals surface area contributed by atoms with Gasteiger partial charge >= 0.3 is 0 Å². The maximum Gasteiger partial charge on any atom is 0.115 e. The second-order valence-corrected chi connectivity index (χ2v) is 5.88. The van der Waals surface area contributed by atoms with Crippen LogP contribution in [0.3, 0.4) is 0 Å². The molecule has 2 unspecified atom stereocenters. The van der Waals surface area contributed by atoms with Crippen LogP contribution in [-0.4, -0.2) is 17.7 Å². The third kappa shape index (κ3) is 3.11. The van der Waals surface area contributed by atoms with Crippen LogP contribution in [0.5, 0.6) is 5.75 Å². The minimum atomic E-state index is 0.338. The van der Waals surface area contributed by atoms with Gasteiger partial charge in [-0.25, -0.2) is 0 Å². The molecule has 21 heavy (non-hydrogen) atoms. The quantitative estimate of drug-likeness (QED) is 0.877. The van der Waals surface area contributed by atoms with Gasteiger partial charge in [0.05, 0.1) is 0 Å². The molecule has 110 valence electrons. The number of aryl methyl sites for hydroxylation is 1. The number of phenolic OH excluding ortho intramolecular Hbond substituents is 1. The highest BCUT2D eigenvalue weighted by Crippen LogP contribution is 2.36. The van der Waals surface area contributed by atoms with Gasteiger partial charge in [0.25, 0.3) is 0 Å². The second kappa shape index (κ2) is 6.31. The molecular formula is C19H23NO. The summed E-state index contributed by atoms with van der Waals surface area (Å²) in [5.74, 6) is 0.930. The summed E-state index contributed by atoms with van der Waals surface area (Å²) in [6.07, 6.45) is 3.43. The van der Waals surface area contributed by atoms with Crippen LogP contribution in [0, 0.1) is 0 Å². The summed E-state index contributed by atoms with van der Waals surface area (Å²) in [6, 6.07) is 16.9. The third-order valence-electron chi connectivity index (χ3n) is 4.52. The summed E-state index contributed by atoms with van der Waals surface area (Å²) in [4.78, 5) is 0. The Hall–Kier alpha value is -1.80. The molecular weight excluding hydrogens is 258 g/mol. The fourth-order valence-electron chi connectivity index (χ4n) is 3.51. The van der Waals surface area contributed by atoms with Gasteiger partial charge in [0, 0.05) is 12.0 Å². The molecule has 0 bridgehead atoms. The van der Waals surface area contributed by atoms with Crippen molar-refractivity contribution in [2.24, 2.45) is 0 Å². The van der Waals surface area contributed by atoms with Crippen molar-refractivity contribution >= 4 is 0 Å². The largest absolute Gasteiger partial charge is 0.508 e. The van der Waals surface area contributed by atoms with Gasteiger partial charge in [-0.2, -0.15) is 0 Å². The molecule has 2 aromatic rings. The molecule has 0 aromatic heterocycles. The first-order chi connectivity index (χ1) is 10.3. The maximum atomic E-state index is 9.42. The van der Waals surface area contributed by atoms with Crippen LogP contribution in [0.25, 0.3) is 0 Å². The van der Waals surface area contributed by atoms with Crippen molar-refractivity contribution < 1.29 is 5.11 Å². The molecule has 0 spiro atoms. The molecule has 0 aliphatic heterocycles.